The van der Waals surface area contributed by atoms with Crippen LogP contribution in [0.3, 0.4) is 0 Å². The molecule has 2 aromatic heterocycles. The summed E-state index contributed by atoms with van der Waals surface area (Å²) < 4.78 is 6.67. The van der Waals surface area contributed by atoms with Crippen LogP contribution in [0.25, 0.3) is 10.2 Å². The van der Waals surface area contributed by atoms with Crippen molar-refractivity contribution in [3.05, 3.63) is 59.0 Å². The molecule has 0 bridgehead atoms. The number of fused-ring (bicyclic) bond motifs is 2. The highest BCUT2D eigenvalue weighted by Gasteiger charge is 2.20. The van der Waals surface area contributed by atoms with E-state index >= 15 is 0 Å². The SMILES string of the molecule is COc1cc2c(cc1Nc1nc(Nc3cccc(C)c3)c3sccc3n1)N(C)CC2. The van der Waals surface area contributed by atoms with Gasteiger partial charge in [0.2, 0.25) is 5.95 Å². The molecule has 0 unspecified atom stereocenters. The van der Waals surface area contributed by atoms with Crippen molar-refractivity contribution in [1.29, 1.82) is 0 Å². The molecule has 0 atom stereocenters. The van der Waals surface area contributed by atoms with Crippen molar-refractivity contribution < 1.29 is 4.74 Å². The molecular weight excluding hydrogens is 394 g/mol. The molecule has 6 nitrogen and oxygen atoms in total. The predicted molar refractivity (Wildman–Crippen MR) is 125 cm³/mol. The largest absolute Gasteiger partial charge is 0.495 e. The molecule has 0 fully saturated rings. The number of aryl methyl sites for hydroxylation is 1. The molecule has 1 aliphatic rings. The highest BCUT2D eigenvalue weighted by Crippen LogP contribution is 2.38. The lowest BCUT2D eigenvalue weighted by molar-refractivity contribution is 0.416. The number of likely N-dealkylation sites (N-methyl/N-ethyl adjacent to an activating group) is 1. The minimum Gasteiger partial charge on any atom is -0.495 e. The Morgan fingerprint density at radius 3 is 2.83 bits per heavy atom. The molecule has 0 aliphatic carbocycles. The second-order valence-corrected chi connectivity index (χ2v) is 8.42. The molecule has 152 valence electrons. The Kier molecular flexibility index (Phi) is 4.67. The first-order valence-electron chi connectivity index (χ1n) is 9.89. The monoisotopic (exact) mass is 417 g/mol. The smallest absolute Gasteiger partial charge is 0.229 e. The second-order valence-electron chi connectivity index (χ2n) is 7.50. The standard InChI is InChI=1S/C23H23N5OS/c1-14-5-4-6-16(11-14)24-22-21-17(8-10-30-21)25-23(27-22)26-18-13-19-15(7-9-28(19)2)12-20(18)29-3/h4-6,8,10-13H,7,9H2,1-3H3,(H2,24,25,26,27). The molecular formula is C23H23N5OS. The van der Waals surface area contributed by atoms with Gasteiger partial charge in [0.15, 0.2) is 5.82 Å². The molecule has 7 heteroatoms. The lowest BCUT2D eigenvalue weighted by Crippen LogP contribution is -2.12. The lowest BCUT2D eigenvalue weighted by atomic mass is 10.1. The van der Waals surface area contributed by atoms with Gasteiger partial charge in [-0.2, -0.15) is 4.98 Å². The minimum atomic E-state index is 0.537. The summed E-state index contributed by atoms with van der Waals surface area (Å²) >= 11 is 1.63. The first-order chi connectivity index (χ1) is 14.6. The molecule has 5 rings (SSSR count). The third-order valence-corrected chi connectivity index (χ3v) is 6.27. The molecule has 3 heterocycles. The fourth-order valence-electron chi connectivity index (χ4n) is 3.83. The van der Waals surface area contributed by atoms with Crippen molar-refractivity contribution in [3.63, 3.8) is 0 Å². The van der Waals surface area contributed by atoms with Gasteiger partial charge in [-0.1, -0.05) is 12.1 Å². The topological polar surface area (TPSA) is 62.3 Å². The Bertz CT molecular complexity index is 1240. The highest BCUT2D eigenvalue weighted by molar-refractivity contribution is 7.17. The second kappa shape index (κ2) is 7.50. The Morgan fingerprint density at radius 1 is 1.10 bits per heavy atom. The van der Waals surface area contributed by atoms with Gasteiger partial charge in [-0.15, -0.1) is 11.3 Å². The van der Waals surface area contributed by atoms with Gasteiger partial charge in [0.1, 0.15) is 5.75 Å². The molecule has 4 aromatic rings. The molecule has 2 N–H and O–H groups in total. The summed E-state index contributed by atoms with van der Waals surface area (Å²) in [6.45, 7) is 3.10. The number of aromatic nitrogens is 2. The highest BCUT2D eigenvalue weighted by atomic mass is 32.1. The van der Waals surface area contributed by atoms with Crippen molar-refractivity contribution in [1.82, 2.24) is 9.97 Å². The zero-order chi connectivity index (χ0) is 20.7. The number of nitrogens with zero attached hydrogens (tertiary/aromatic N) is 3. The third-order valence-electron chi connectivity index (χ3n) is 5.36. The number of thiophene rings is 1. The molecule has 0 spiro atoms. The van der Waals surface area contributed by atoms with E-state index in [9.17, 15) is 0 Å². The molecule has 0 amide bonds. The normalized spacial score (nSPS) is 12.8. The van der Waals surface area contributed by atoms with Gasteiger partial charge in [-0.25, -0.2) is 4.98 Å². The van der Waals surface area contributed by atoms with Crippen LogP contribution in [0.5, 0.6) is 5.75 Å². The van der Waals surface area contributed by atoms with E-state index in [1.165, 1.54) is 16.8 Å². The third kappa shape index (κ3) is 3.41. The van der Waals surface area contributed by atoms with E-state index in [4.69, 9.17) is 14.7 Å². The van der Waals surface area contributed by atoms with E-state index in [2.05, 4.69) is 53.8 Å². The number of hydrogen-bond donors (Lipinski definition) is 2. The van der Waals surface area contributed by atoms with Crippen LogP contribution in [0.2, 0.25) is 0 Å². The van der Waals surface area contributed by atoms with Crippen LogP contribution < -0.4 is 20.3 Å². The summed E-state index contributed by atoms with van der Waals surface area (Å²) in [7, 11) is 3.80. The van der Waals surface area contributed by atoms with Gasteiger partial charge >= 0.3 is 0 Å². The van der Waals surface area contributed by atoms with Crippen LogP contribution in [0, 0.1) is 6.92 Å². The van der Waals surface area contributed by atoms with Gasteiger partial charge < -0.3 is 20.3 Å². The van der Waals surface area contributed by atoms with E-state index in [1.54, 1.807) is 18.4 Å². The van der Waals surface area contributed by atoms with Crippen LogP contribution >= 0.6 is 11.3 Å². The van der Waals surface area contributed by atoms with Crippen molar-refractivity contribution in [2.24, 2.45) is 0 Å². The Hall–Kier alpha value is -3.32. The van der Waals surface area contributed by atoms with Crippen molar-refractivity contribution in [2.75, 3.05) is 36.2 Å². The summed E-state index contributed by atoms with van der Waals surface area (Å²) in [5.74, 6) is 2.13. The first-order valence-corrected chi connectivity index (χ1v) is 10.8. The predicted octanol–water partition coefficient (Wildman–Crippen LogP) is 5.49. The molecule has 2 aromatic carbocycles. The van der Waals surface area contributed by atoms with Crippen LogP contribution in [0.4, 0.5) is 28.8 Å². The van der Waals surface area contributed by atoms with Crippen LogP contribution in [-0.2, 0) is 6.42 Å². The Labute approximate surface area is 179 Å². The number of ether oxygens (including phenoxy) is 1. The number of rotatable bonds is 5. The van der Waals surface area contributed by atoms with Gasteiger partial charge in [0.25, 0.3) is 0 Å². The van der Waals surface area contributed by atoms with E-state index in [-0.39, 0.29) is 0 Å². The van der Waals surface area contributed by atoms with Crippen molar-refractivity contribution >= 4 is 50.4 Å². The fraction of sp³-hybridized carbons (Fsp3) is 0.217. The van der Waals surface area contributed by atoms with Crippen molar-refractivity contribution in [2.45, 2.75) is 13.3 Å². The van der Waals surface area contributed by atoms with Gasteiger partial charge in [0.05, 0.1) is 23.0 Å². The van der Waals surface area contributed by atoms with Gasteiger partial charge in [-0.3, -0.25) is 0 Å². The van der Waals surface area contributed by atoms with E-state index in [0.717, 1.165) is 46.1 Å². The summed E-state index contributed by atoms with van der Waals surface area (Å²) in [6, 6.07) is 14.5. The average molecular weight is 418 g/mol. The zero-order valence-corrected chi connectivity index (χ0v) is 18.0. The van der Waals surface area contributed by atoms with E-state index in [0.29, 0.717) is 5.95 Å². The average Bonchev–Trinajstić information content (AvgIpc) is 3.34. The van der Waals surface area contributed by atoms with Gasteiger partial charge in [0, 0.05) is 25.0 Å². The van der Waals surface area contributed by atoms with Crippen LogP contribution in [0.1, 0.15) is 11.1 Å². The fourth-order valence-corrected chi connectivity index (χ4v) is 4.60. The molecule has 0 radical (unpaired) electrons. The summed E-state index contributed by atoms with van der Waals surface area (Å²) in [6.07, 6.45) is 1.03. The van der Waals surface area contributed by atoms with Crippen LogP contribution in [-0.4, -0.2) is 30.7 Å². The maximum absolute atomic E-state index is 5.64. The summed E-state index contributed by atoms with van der Waals surface area (Å²) in [5, 5.41) is 8.88. The maximum Gasteiger partial charge on any atom is 0.229 e. The van der Waals surface area contributed by atoms with E-state index in [1.807, 2.05) is 23.6 Å². The lowest BCUT2D eigenvalue weighted by Gasteiger charge is -2.17. The number of methoxy groups -OCH3 is 1. The number of hydrogen-bond acceptors (Lipinski definition) is 7. The molecule has 0 saturated heterocycles. The zero-order valence-electron chi connectivity index (χ0n) is 17.2. The number of anilines is 5. The molecule has 0 saturated carbocycles. The Balaban J connectivity index is 1.53. The quantitative estimate of drug-likeness (QED) is 0.448. The Morgan fingerprint density at radius 2 is 2.00 bits per heavy atom. The van der Waals surface area contributed by atoms with Crippen molar-refractivity contribution in [3.8, 4) is 5.75 Å². The summed E-state index contributed by atoms with van der Waals surface area (Å²) in [5.41, 5.74) is 6.49. The molecule has 30 heavy (non-hydrogen) atoms. The maximum atomic E-state index is 5.64. The first kappa shape index (κ1) is 18.7. The number of benzene rings is 2. The molecule has 1 aliphatic heterocycles. The van der Waals surface area contributed by atoms with Gasteiger partial charge in [-0.05, 0) is 60.2 Å². The van der Waals surface area contributed by atoms with E-state index < -0.39 is 0 Å². The van der Waals surface area contributed by atoms with Crippen LogP contribution in [0.15, 0.2) is 47.8 Å². The summed E-state index contributed by atoms with van der Waals surface area (Å²) in [4.78, 5) is 11.8. The minimum absolute atomic E-state index is 0.537. The number of nitrogens with one attached hydrogen (secondary N) is 2.